The van der Waals surface area contributed by atoms with Gasteiger partial charge in [-0.3, -0.25) is 4.79 Å². The maximum atomic E-state index is 11.5. The lowest BCUT2D eigenvalue weighted by Crippen LogP contribution is -2.24. The fourth-order valence-corrected chi connectivity index (χ4v) is 1.34. The third kappa shape index (κ3) is 6.56. The Morgan fingerprint density at radius 3 is 2.52 bits per heavy atom. The van der Waals surface area contributed by atoms with Crippen LogP contribution in [0.1, 0.15) is 31.1 Å². The van der Waals surface area contributed by atoms with Gasteiger partial charge in [0.15, 0.2) is 6.61 Å². The molecule has 0 bridgehead atoms. The quantitative estimate of drug-likeness (QED) is 0.474. The molecule has 0 atom stereocenters. The molecule has 6 nitrogen and oxygen atoms in total. The van der Waals surface area contributed by atoms with E-state index in [1.54, 1.807) is 37.4 Å². The predicted octanol–water partition coefficient (Wildman–Crippen LogP) is 2.00. The van der Waals surface area contributed by atoms with Crippen molar-refractivity contribution in [2.24, 2.45) is 11.0 Å². The molecule has 0 spiro atoms. The first kappa shape index (κ1) is 16.7. The maximum absolute atomic E-state index is 11.5. The van der Waals surface area contributed by atoms with Crippen LogP contribution in [-0.2, 0) is 9.53 Å². The predicted molar refractivity (Wildman–Crippen MR) is 79.4 cm³/mol. The largest absolute Gasteiger partial charge is 0.484 e. The molecule has 1 aromatic carbocycles. The molecule has 1 rings (SSSR count). The van der Waals surface area contributed by atoms with Gasteiger partial charge in [0.25, 0.3) is 5.91 Å². The summed E-state index contributed by atoms with van der Waals surface area (Å²) in [6.07, 6.45) is 1.63. The Bertz CT molecular complexity index is 495. The molecule has 1 aromatic rings. The van der Waals surface area contributed by atoms with Crippen LogP contribution in [0.3, 0.4) is 0 Å². The Balaban J connectivity index is 2.42. The van der Waals surface area contributed by atoms with E-state index in [1.807, 2.05) is 13.8 Å². The van der Waals surface area contributed by atoms with Crippen LogP contribution < -0.4 is 10.2 Å². The minimum Gasteiger partial charge on any atom is -0.484 e. The molecule has 0 aliphatic carbocycles. The van der Waals surface area contributed by atoms with Crippen molar-refractivity contribution in [1.82, 2.24) is 5.43 Å². The van der Waals surface area contributed by atoms with Gasteiger partial charge in [-0.15, -0.1) is 0 Å². The van der Waals surface area contributed by atoms with Crippen molar-refractivity contribution in [3.05, 3.63) is 29.8 Å². The van der Waals surface area contributed by atoms with E-state index in [1.165, 1.54) is 0 Å². The van der Waals surface area contributed by atoms with Crippen LogP contribution >= 0.6 is 0 Å². The van der Waals surface area contributed by atoms with E-state index in [9.17, 15) is 9.59 Å². The zero-order valence-electron chi connectivity index (χ0n) is 12.5. The first-order valence-electron chi connectivity index (χ1n) is 6.75. The zero-order chi connectivity index (χ0) is 15.7. The Labute approximate surface area is 124 Å². The van der Waals surface area contributed by atoms with Crippen LogP contribution in [0.2, 0.25) is 0 Å². The topological polar surface area (TPSA) is 77.0 Å². The molecule has 0 radical (unpaired) electrons. The van der Waals surface area contributed by atoms with Crippen molar-refractivity contribution in [2.45, 2.75) is 20.8 Å². The number of hydrogen-bond acceptors (Lipinski definition) is 5. The van der Waals surface area contributed by atoms with Crippen molar-refractivity contribution < 1.29 is 19.1 Å². The lowest BCUT2D eigenvalue weighted by molar-refractivity contribution is -0.123. The Morgan fingerprint density at radius 1 is 1.29 bits per heavy atom. The summed E-state index contributed by atoms with van der Waals surface area (Å²) < 4.78 is 10.2. The van der Waals surface area contributed by atoms with Crippen LogP contribution in [0.25, 0.3) is 0 Å². The van der Waals surface area contributed by atoms with E-state index in [0.29, 0.717) is 17.9 Å². The average Bonchev–Trinajstić information content (AvgIpc) is 2.45. The van der Waals surface area contributed by atoms with Gasteiger partial charge in [0.2, 0.25) is 0 Å². The van der Waals surface area contributed by atoms with Gasteiger partial charge in [-0.05, 0) is 37.1 Å². The number of nitrogens with one attached hydrogen (secondary N) is 1. The summed E-state index contributed by atoms with van der Waals surface area (Å²) in [4.78, 5) is 22.9. The minimum absolute atomic E-state index is 0.145. The number of carbonyl (C=O) groups excluding carboxylic acids is 2. The van der Waals surface area contributed by atoms with Gasteiger partial charge in [-0.1, -0.05) is 13.8 Å². The van der Waals surface area contributed by atoms with Crippen molar-refractivity contribution >= 4 is 18.1 Å². The maximum Gasteiger partial charge on any atom is 0.338 e. The van der Waals surface area contributed by atoms with E-state index in [4.69, 9.17) is 9.47 Å². The molecule has 0 fully saturated rings. The van der Waals surface area contributed by atoms with Crippen LogP contribution in [0, 0.1) is 5.92 Å². The number of hydrazone groups is 1. The summed E-state index contributed by atoms with van der Waals surface area (Å²) in [5.74, 6) is 0.0267. The van der Waals surface area contributed by atoms with Gasteiger partial charge in [0, 0.05) is 6.21 Å². The van der Waals surface area contributed by atoms with Gasteiger partial charge in [0.05, 0.1) is 12.2 Å². The molecule has 0 aromatic heterocycles. The number of hydrogen-bond donors (Lipinski definition) is 1. The highest BCUT2D eigenvalue weighted by Crippen LogP contribution is 2.12. The molecule has 0 unspecified atom stereocenters. The summed E-state index contributed by atoms with van der Waals surface area (Å²) in [6, 6.07) is 6.39. The SMILES string of the molecule is CCOC(=O)c1ccc(OCC(=O)NN=CC(C)C)cc1. The van der Waals surface area contributed by atoms with E-state index >= 15 is 0 Å². The summed E-state index contributed by atoms with van der Waals surface area (Å²) in [5.41, 5.74) is 2.80. The Hall–Kier alpha value is -2.37. The second-order valence-corrected chi connectivity index (χ2v) is 4.59. The number of benzene rings is 1. The van der Waals surface area contributed by atoms with Crippen molar-refractivity contribution in [3.8, 4) is 5.75 Å². The Kier molecular flexibility index (Phi) is 6.94. The van der Waals surface area contributed by atoms with E-state index in [0.717, 1.165) is 0 Å². The Morgan fingerprint density at radius 2 is 1.95 bits per heavy atom. The molecule has 1 N–H and O–H groups in total. The summed E-state index contributed by atoms with van der Waals surface area (Å²) in [6.45, 7) is 5.84. The third-order valence-electron chi connectivity index (χ3n) is 2.30. The smallest absolute Gasteiger partial charge is 0.338 e. The molecule has 0 heterocycles. The van der Waals surface area contributed by atoms with Crippen LogP contribution in [0.4, 0.5) is 0 Å². The number of rotatable bonds is 7. The van der Waals surface area contributed by atoms with Crippen molar-refractivity contribution in [2.75, 3.05) is 13.2 Å². The third-order valence-corrected chi connectivity index (χ3v) is 2.30. The molecule has 0 saturated carbocycles. The second kappa shape index (κ2) is 8.73. The van der Waals surface area contributed by atoms with Gasteiger partial charge < -0.3 is 9.47 Å². The van der Waals surface area contributed by atoms with E-state index in [2.05, 4.69) is 10.5 Å². The summed E-state index contributed by atoms with van der Waals surface area (Å²) in [7, 11) is 0. The first-order chi connectivity index (χ1) is 10.0. The molecule has 0 saturated heterocycles. The van der Waals surface area contributed by atoms with Crippen molar-refractivity contribution in [3.63, 3.8) is 0 Å². The number of nitrogens with zero attached hydrogens (tertiary/aromatic N) is 1. The van der Waals surface area contributed by atoms with E-state index < -0.39 is 0 Å². The highest BCUT2D eigenvalue weighted by molar-refractivity contribution is 5.89. The molecule has 114 valence electrons. The summed E-state index contributed by atoms with van der Waals surface area (Å²) >= 11 is 0. The molecular weight excluding hydrogens is 272 g/mol. The van der Waals surface area contributed by atoms with Crippen LogP contribution in [0.15, 0.2) is 29.4 Å². The monoisotopic (exact) mass is 292 g/mol. The minimum atomic E-state index is -0.384. The van der Waals surface area contributed by atoms with Gasteiger partial charge in [-0.25, -0.2) is 10.2 Å². The molecule has 1 amide bonds. The van der Waals surface area contributed by atoms with Crippen molar-refractivity contribution in [1.29, 1.82) is 0 Å². The molecular formula is C15H20N2O4. The lowest BCUT2D eigenvalue weighted by Gasteiger charge is -2.06. The van der Waals surface area contributed by atoms with Gasteiger partial charge in [-0.2, -0.15) is 5.10 Å². The first-order valence-corrected chi connectivity index (χ1v) is 6.75. The fourth-order valence-electron chi connectivity index (χ4n) is 1.34. The standard InChI is InChI=1S/C15H20N2O4/c1-4-20-15(19)12-5-7-13(8-6-12)21-10-14(18)17-16-9-11(2)3/h5-9,11H,4,10H2,1-3H3,(H,17,18). The molecule has 0 aliphatic heterocycles. The van der Waals surface area contributed by atoms with E-state index in [-0.39, 0.29) is 24.4 Å². The molecule has 6 heteroatoms. The number of ether oxygens (including phenoxy) is 2. The zero-order valence-corrected chi connectivity index (χ0v) is 12.5. The van der Waals surface area contributed by atoms with Gasteiger partial charge in [0.1, 0.15) is 5.75 Å². The molecule has 0 aliphatic rings. The molecule has 21 heavy (non-hydrogen) atoms. The van der Waals surface area contributed by atoms with Gasteiger partial charge >= 0.3 is 5.97 Å². The normalized spacial score (nSPS) is 10.7. The number of esters is 1. The highest BCUT2D eigenvalue weighted by Gasteiger charge is 2.06. The number of carbonyl (C=O) groups is 2. The van der Waals surface area contributed by atoms with Crippen LogP contribution in [-0.4, -0.2) is 31.3 Å². The lowest BCUT2D eigenvalue weighted by atomic mass is 10.2. The fraction of sp³-hybridized carbons (Fsp3) is 0.400. The number of amides is 1. The van der Waals surface area contributed by atoms with Crippen LogP contribution in [0.5, 0.6) is 5.75 Å². The second-order valence-electron chi connectivity index (χ2n) is 4.59. The average molecular weight is 292 g/mol. The summed E-state index contributed by atoms with van der Waals surface area (Å²) in [5, 5.41) is 3.78. The highest BCUT2D eigenvalue weighted by atomic mass is 16.5.